The van der Waals surface area contributed by atoms with Crippen molar-refractivity contribution < 1.29 is 18.7 Å². The number of alkyl halides is 2. The van der Waals surface area contributed by atoms with Gasteiger partial charge in [0.25, 0.3) is 5.92 Å². The van der Waals surface area contributed by atoms with Crippen LogP contribution in [0.25, 0.3) is 0 Å². The van der Waals surface area contributed by atoms with E-state index < -0.39 is 23.3 Å². The number of carbonyl (C=O) groups is 1. The fourth-order valence-electron chi connectivity index (χ4n) is 2.38. The largest absolute Gasteiger partial charge is 0.480 e. The summed E-state index contributed by atoms with van der Waals surface area (Å²) in [4.78, 5) is 11.0. The SMILES string of the molecule is O=C(O)[C@@]12CC[C@@H](CN1)C(F)(F)CC2. The van der Waals surface area contributed by atoms with E-state index in [1.165, 1.54) is 0 Å². The minimum absolute atomic E-state index is 0.0336. The molecule has 80 valence electrons. The van der Waals surface area contributed by atoms with Crippen LogP contribution in [0.2, 0.25) is 0 Å². The first-order chi connectivity index (χ1) is 6.46. The standard InChI is InChI=1S/C9H13F2NO2/c10-9(11)4-3-8(7(13)14)2-1-6(9)5-12-8/h6,12H,1-5H2,(H,13,14)/t6-,8-/m0/s1. The predicted molar refractivity (Wildman–Crippen MR) is 45.3 cm³/mol. The molecule has 3 rings (SSSR count). The smallest absolute Gasteiger partial charge is 0.323 e. The molecule has 0 amide bonds. The Hall–Kier alpha value is -0.710. The van der Waals surface area contributed by atoms with Gasteiger partial charge < -0.3 is 10.4 Å². The Balaban J connectivity index is 2.25. The van der Waals surface area contributed by atoms with E-state index in [0.29, 0.717) is 12.8 Å². The van der Waals surface area contributed by atoms with Crippen LogP contribution in [0, 0.1) is 5.92 Å². The molecule has 0 aromatic carbocycles. The summed E-state index contributed by atoms with van der Waals surface area (Å²) in [7, 11) is 0. The monoisotopic (exact) mass is 205 g/mol. The van der Waals surface area contributed by atoms with Gasteiger partial charge in [0.05, 0.1) is 0 Å². The summed E-state index contributed by atoms with van der Waals surface area (Å²) in [6.45, 7) is 0.124. The Bertz CT molecular complexity index is 260. The Kier molecular flexibility index (Phi) is 2.03. The Morgan fingerprint density at radius 1 is 1.36 bits per heavy atom. The van der Waals surface area contributed by atoms with E-state index in [9.17, 15) is 13.6 Å². The predicted octanol–water partition coefficient (Wildman–Crippen LogP) is 1.24. The van der Waals surface area contributed by atoms with E-state index >= 15 is 0 Å². The lowest BCUT2D eigenvalue weighted by atomic mass is 9.86. The Morgan fingerprint density at radius 3 is 2.57 bits per heavy atom. The van der Waals surface area contributed by atoms with Crippen molar-refractivity contribution in [1.29, 1.82) is 0 Å². The van der Waals surface area contributed by atoms with Crippen LogP contribution in [0.4, 0.5) is 8.78 Å². The number of hydrogen-bond donors (Lipinski definition) is 2. The number of fused-ring (bicyclic) bond motifs is 4. The molecule has 5 heteroatoms. The highest BCUT2D eigenvalue weighted by atomic mass is 19.3. The third kappa shape index (κ3) is 1.30. The maximum atomic E-state index is 13.4. The lowest BCUT2D eigenvalue weighted by molar-refractivity contribution is -0.146. The summed E-state index contributed by atoms with van der Waals surface area (Å²) in [5.41, 5.74) is -1.09. The molecule has 14 heavy (non-hydrogen) atoms. The number of carboxylic acids is 1. The van der Waals surface area contributed by atoms with Gasteiger partial charge in [-0.2, -0.15) is 0 Å². The molecule has 0 radical (unpaired) electrons. The van der Waals surface area contributed by atoms with Gasteiger partial charge in [-0.15, -0.1) is 0 Å². The summed E-state index contributed by atoms with van der Waals surface area (Å²) >= 11 is 0. The summed E-state index contributed by atoms with van der Waals surface area (Å²) in [6.07, 6.45) is 0.359. The maximum Gasteiger partial charge on any atom is 0.323 e. The third-order valence-electron chi connectivity index (χ3n) is 3.50. The van der Waals surface area contributed by atoms with E-state index in [1.807, 2.05) is 0 Å². The fourth-order valence-corrected chi connectivity index (χ4v) is 2.38. The van der Waals surface area contributed by atoms with Gasteiger partial charge >= 0.3 is 5.97 Å². The number of nitrogens with one attached hydrogen (secondary N) is 1. The van der Waals surface area contributed by atoms with Gasteiger partial charge in [-0.25, -0.2) is 8.78 Å². The van der Waals surface area contributed by atoms with Crippen LogP contribution in [0.1, 0.15) is 25.7 Å². The minimum Gasteiger partial charge on any atom is -0.480 e. The van der Waals surface area contributed by atoms with E-state index in [0.717, 1.165) is 0 Å². The third-order valence-corrected chi connectivity index (χ3v) is 3.50. The van der Waals surface area contributed by atoms with Crippen molar-refractivity contribution in [3.63, 3.8) is 0 Å². The first-order valence-electron chi connectivity index (χ1n) is 4.83. The van der Waals surface area contributed by atoms with E-state index in [1.54, 1.807) is 0 Å². The van der Waals surface area contributed by atoms with Crippen molar-refractivity contribution in [2.45, 2.75) is 37.1 Å². The molecular formula is C9H13F2NO2. The second-order valence-corrected chi connectivity index (χ2v) is 4.26. The molecule has 0 aromatic heterocycles. The molecule has 1 saturated carbocycles. The summed E-state index contributed by atoms with van der Waals surface area (Å²) in [5.74, 6) is -4.37. The van der Waals surface area contributed by atoms with Crippen molar-refractivity contribution >= 4 is 5.97 Å². The van der Waals surface area contributed by atoms with Crippen molar-refractivity contribution in [1.82, 2.24) is 5.32 Å². The lowest BCUT2D eigenvalue weighted by Crippen LogP contribution is -2.55. The second-order valence-electron chi connectivity index (χ2n) is 4.26. The summed E-state index contributed by atoms with van der Waals surface area (Å²) in [6, 6.07) is 0. The molecule has 0 spiro atoms. The van der Waals surface area contributed by atoms with Crippen molar-refractivity contribution in [3.8, 4) is 0 Å². The van der Waals surface area contributed by atoms with Gasteiger partial charge in [0.1, 0.15) is 5.54 Å². The van der Waals surface area contributed by atoms with Gasteiger partial charge in [0.15, 0.2) is 0 Å². The van der Waals surface area contributed by atoms with Crippen LogP contribution >= 0.6 is 0 Å². The van der Waals surface area contributed by atoms with Crippen LogP contribution in [-0.4, -0.2) is 29.1 Å². The molecule has 2 saturated heterocycles. The summed E-state index contributed by atoms with van der Waals surface area (Å²) < 4.78 is 26.7. The van der Waals surface area contributed by atoms with E-state index in [-0.39, 0.29) is 19.4 Å². The Morgan fingerprint density at radius 2 is 2.07 bits per heavy atom. The Labute approximate surface area is 80.5 Å². The summed E-state index contributed by atoms with van der Waals surface area (Å²) in [5, 5.41) is 11.8. The average molecular weight is 205 g/mol. The molecule has 0 unspecified atom stereocenters. The molecule has 3 fully saturated rings. The lowest BCUT2D eigenvalue weighted by Gasteiger charge is -2.34. The maximum absolute atomic E-state index is 13.4. The molecule has 2 aliphatic heterocycles. The molecule has 2 N–H and O–H groups in total. The van der Waals surface area contributed by atoms with Crippen molar-refractivity contribution in [2.75, 3.05) is 6.54 Å². The van der Waals surface area contributed by atoms with Crippen molar-refractivity contribution in [2.24, 2.45) is 5.92 Å². The van der Waals surface area contributed by atoms with Crippen LogP contribution in [0.15, 0.2) is 0 Å². The second kappa shape index (κ2) is 2.89. The zero-order valence-electron chi connectivity index (χ0n) is 7.72. The topological polar surface area (TPSA) is 49.3 Å². The number of rotatable bonds is 1. The van der Waals surface area contributed by atoms with E-state index in [4.69, 9.17) is 5.11 Å². The fraction of sp³-hybridized carbons (Fsp3) is 0.889. The highest BCUT2D eigenvalue weighted by Gasteiger charge is 2.53. The molecule has 1 aliphatic carbocycles. The first-order valence-corrected chi connectivity index (χ1v) is 4.83. The zero-order chi connectivity index (χ0) is 10.4. The number of aliphatic carboxylic acids is 1. The van der Waals surface area contributed by atoms with E-state index in [2.05, 4.69) is 5.32 Å². The molecule has 2 heterocycles. The molecular weight excluding hydrogens is 192 g/mol. The quantitative estimate of drug-likeness (QED) is 0.677. The van der Waals surface area contributed by atoms with Crippen LogP contribution in [0.5, 0.6) is 0 Å². The van der Waals surface area contributed by atoms with Gasteiger partial charge in [-0.05, 0) is 19.3 Å². The highest BCUT2D eigenvalue weighted by Crippen LogP contribution is 2.43. The average Bonchev–Trinajstić information content (AvgIpc) is 2.34. The van der Waals surface area contributed by atoms with Crippen LogP contribution in [-0.2, 0) is 4.79 Å². The number of carboxylic acid groups (broad SMARTS) is 1. The van der Waals surface area contributed by atoms with Gasteiger partial charge in [0.2, 0.25) is 0 Å². The minimum atomic E-state index is -2.69. The number of hydrogen-bond acceptors (Lipinski definition) is 2. The molecule has 2 bridgehead atoms. The van der Waals surface area contributed by atoms with Crippen LogP contribution < -0.4 is 5.32 Å². The molecule has 0 aromatic rings. The normalized spacial score (nSPS) is 40.6. The van der Waals surface area contributed by atoms with Crippen molar-refractivity contribution in [3.05, 3.63) is 0 Å². The molecule has 3 nitrogen and oxygen atoms in total. The number of piperidine rings is 1. The highest BCUT2D eigenvalue weighted by molar-refractivity contribution is 5.79. The first kappa shape index (κ1) is 9.83. The number of halogens is 2. The van der Waals surface area contributed by atoms with Gasteiger partial charge in [-0.3, -0.25) is 4.79 Å². The zero-order valence-corrected chi connectivity index (χ0v) is 7.72. The van der Waals surface area contributed by atoms with Crippen LogP contribution in [0.3, 0.4) is 0 Å². The van der Waals surface area contributed by atoms with Gasteiger partial charge in [0, 0.05) is 18.9 Å². The molecule has 2 atom stereocenters. The van der Waals surface area contributed by atoms with Gasteiger partial charge in [-0.1, -0.05) is 0 Å². The molecule has 3 aliphatic rings.